The third-order valence-corrected chi connectivity index (χ3v) is 5.30. The molecule has 4 rings (SSSR count). The average molecular weight is 334 g/mol. The van der Waals surface area contributed by atoms with Gasteiger partial charge in [-0.2, -0.15) is 5.10 Å². The molecular formula is C21H26N4. The summed E-state index contributed by atoms with van der Waals surface area (Å²) in [5.74, 6) is 0.592. The molecule has 4 nitrogen and oxygen atoms in total. The summed E-state index contributed by atoms with van der Waals surface area (Å²) in [6.07, 6.45) is 4.28. The molecule has 1 saturated heterocycles. The molecule has 25 heavy (non-hydrogen) atoms. The minimum absolute atomic E-state index is 0.563. The Kier molecular flexibility index (Phi) is 4.70. The lowest BCUT2D eigenvalue weighted by Gasteiger charge is -2.34. The van der Waals surface area contributed by atoms with E-state index >= 15 is 0 Å². The summed E-state index contributed by atoms with van der Waals surface area (Å²) in [6, 6.07) is 17.8. The van der Waals surface area contributed by atoms with Gasteiger partial charge in [0.2, 0.25) is 0 Å². The van der Waals surface area contributed by atoms with E-state index in [9.17, 15) is 0 Å². The Morgan fingerprint density at radius 3 is 2.76 bits per heavy atom. The van der Waals surface area contributed by atoms with Crippen LogP contribution in [0.5, 0.6) is 0 Å². The fourth-order valence-electron chi connectivity index (χ4n) is 3.80. The summed E-state index contributed by atoms with van der Waals surface area (Å²) < 4.78 is 0. The van der Waals surface area contributed by atoms with Crippen molar-refractivity contribution in [2.24, 2.45) is 0 Å². The number of anilines is 1. The van der Waals surface area contributed by atoms with Crippen LogP contribution in [0.15, 0.2) is 54.7 Å². The second-order valence-corrected chi connectivity index (χ2v) is 7.20. The van der Waals surface area contributed by atoms with Gasteiger partial charge in [-0.3, -0.25) is 5.10 Å². The van der Waals surface area contributed by atoms with Crippen molar-refractivity contribution in [3.63, 3.8) is 0 Å². The maximum absolute atomic E-state index is 4.09. The SMILES string of the molecule is CC(CN1CCC(Nc2ccc3[nH]ncc3c2)CC1)c1ccccc1. The van der Waals surface area contributed by atoms with Gasteiger partial charge in [0.1, 0.15) is 0 Å². The first-order valence-electron chi connectivity index (χ1n) is 9.25. The van der Waals surface area contributed by atoms with Gasteiger partial charge in [-0.25, -0.2) is 0 Å². The zero-order valence-corrected chi connectivity index (χ0v) is 14.8. The Bertz CT molecular complexity index is 803. The minimum Gasteiger partial charge on any atom is -0.382 e. The number of benzene rings is 2. The number of H-pyrrole nitrogens is 1. The lowest BCUT2D eigenvalue weighted by atomic mass is 9.98. The molecule has 130 valence electrons. The van der Waals surface area contributed by atoms with Gasteiger partial charge in [0.05, 0.1) is 11.7 Å². The molecule has 2 heterocycles. The molecule has 0 spiro atoms. The molecule has 1 fully saturated rings. The van der Waals surface area contributed by atoms with Gasteiger partial charge in [0, 0.05) is 36.7 Å². The van der Waals surface area contributed by atoms with E-state index in [1.54, 1.807) is 0 Å². The van der Waals surface area contributed by atoms with Crippen LogP contribution in [0.2, 0.25) is 0 Å². The van der Waals surface area contributed by atoms with Gasteiger partial charge >= 0.3 is 0 Å². The first-order valence-corrected chi connectivity index (χ1v) is 9.25. The highest BCUT2D eigenvalue weighted by Gasteiger charge is 2.20. The molecule has 1 aromatic heterocycles. The smallest absolute Gasteiger partial charge is 0.0651 e. The highest BCUT2D eigenvalue weighted by molar-refractivity contribution is 5.81. The van der Waals surface area contributed by atoms with Crippen LogP contribution < -0.4 is 5.32 Å². The molecule has 4 heteroatoms. The van der Waals surface area contributed by atoms with Crippen molar-refractivity contribution in [3.05, 3.63) is 60.3 Å². The van der Waals surface area contributed by atoms with Gasteiger partial charge < -0.3 is 10.2 Å². The van der Waals surface area contributed by atoms with Gasteiger partial charge in [-0.15, -0.1) is 0 Å². The van der Waals surface area contributed by atoms with Crippen LogP contribution in [0.3, 0.4) is 0 Å². The Morgan fingerprint density at radius 1 is 1.16 bits per heavy atom. The number of likely N-dealkylation sites (tertiary alicyclic amines) is 1. The van der Waals surface area contributed by atoms with E-state index in [2.05, 4.69) is 75.9 Å². The van der Waals surface area contributed by atoms with Crippen molar-refractivity contribution in [3.8, 4) is 0 Å². The van der Waals surface area contributed by atoms with Gasteiger partial charge in [0.15, 0.2) is 0 Å². The van der Waals surface area contributed by atoms with Crippen LogP contribution in [0.25, 0.3) is 10.9 Å². The molecule has 0 aliphatic carbocycles. The summed E-state index contributed by atoms with van der Waals surface area (Å²) in [5, 5.41) is 12.0. The van der Waals surface area contributed by atoms with Crippen LogP contribution in [0.1, 0.15) is 31.2 Å². The van der Waals surface area contributed by atoms with E-state index in [-0.39, 0.29) is 0 Å². The molecule has 2 N–H and O–H groups in total. The molecular weight excluding hydrogens is 308 g/mol. The average Bonchev–Trinajstić information content (AvgIpc) is 3.12. The molecule has 0 radical (unpaired) electrons. The molecule has 1 atom stereocenters. The molecule has 2 aromatic carbocycles. The van der Waals surface area contributed by atoms with Crippen LogP contribution >= 0.6 is 0 Å². The zero-order chi connectivity index (χ0) is 17.1. The van der Waals surface area contributed by atoms with Crippen molar-refractivity contribution in [2.75, 3.05) is 25.0 Å². The summed E-state index contributed by atoms with van der Waals surface area (Å²) in [5.41, 5.74) is 3.73. The number of fused-ring (bicyclic) bond motifs is 1. The van der Waals surface area contributed by atoms with Gasteiger partial charge in [0.25, 0.3) is 0 Å². The van der Waals surface area contributed by atoms with Crippen LogP contribution in [0, 0.1) is 0 Å². The normalized spacial score (nSPS) is 17.6. The first-order chi connectivity index (χ1) is 12.3. The third kappa shape index (κ3) is 3.85. The number of aromatic amines is 1. The van der Waals surface area contributed by atoms with E-state index in [1.165, 1.54) is 42.6 Å². The van der Waals surface area contributed by atoms with Gasteiger partial charge in [-0.1, -0.05) is 37.3 Å². The highest BCUT2D eigenvalue weighted by atomic mass is 15.1. The second kappa shape index (κ2) is 7.28. The molecule has 0 bridgehead atoms. The maximum atomic E-state index is 4.09. The number of nitrogens with one attached hydrogen (secondary N) is 2. The lowest BCUT2D eigenvalue weighted by molar-refractivity contribution is 0.210. The van der Waals surface area contributed by atoms with E-state index in [1.807, 2.05) is 6.20 Å². The van der Waals surface area contributed by atoms with Gasteiger partial charge in [-0.05, 0) is 42.5 Å². The minimum atomic E-state index is 0.563. The Morgan fingerprint density at radius 2 is 1.96 bits per heavy atom. The quantitative estimate of drug-likeness (QED) is 0.733. The third-order valence-electron chi connectivity index (χ3n) is 5.30. The van der Waals surface area contributed by atoms with E-state index in [4.69, 9.17) is 0 Å². The van der Waals surface area contributed by atoms with Crippen molar-refractivity contribution < 1.29 is 0 Å². The molecule has 0 saturated carbocycles. The van der Waals surface area contributed by atoms with E-state index < -0.39 is 0 Å². The number of rotatable bonds is 5. The monoisotopic (exact) mass is 334 g/mol. The number of aromatic nitrogens is 2. The second-order valence-electron chi connectivity index (χ2n) is 7.20. The Labute approximate surface area is 149 Å². The molecule has 1 unspecified atom stereocenters. The summed E-state index contributed by atoms with van der Waals surface area (Å²) >= 11 is 0. The zero-order valence-electron chi connectivity index (χ0n) is 14.8. The predicted molar refractivity (Wildman–Crippen MR) is 104 cm³/mol. The fourth-order valence-corrected chi connectivity index (χ4v) is 3.80. The number of nitrogens with zero attached hydrogens (tertiary/aromatic N) is 2. The lowest BCUT2D eigenvalue weighted by Crippen LogP contribution is -2.40. The number of piperidine rings is 1. The Balaban J connectivity index is 1.29. The van der Waals surface area contributed by atoms with Crippen molar-refractivity contribution in [2.45, 2.75) is 31.7 Å². The van der Waals surface area contributed by atoms with Crippen molar-refractivity contribution >= 4 is 16.6 Å². The highest BCUT2D eigenvalue weighted by Crippen LogP contribution is 2.22. The standard InChI is InChI=1S/C21H26N4/c1-16(17-5-3-2-4-6-17)15-25-11-9-19(10-12-25)23-20-7-8-21-18(13-20)14-22-24-21/h2-8,13-14,16,19,23H,9-12,15H2,1H3,(H,22,24). The van der Waals surface area contributed by atoms with Crippen molar-refractivity contribution in [1.29, 1.82) is 0 Å². The Hall–Kier alpha value is -2.33. The molecule has 1 aliphatic rings. The topological polar surface area (TPSA) is 44.0 Å². The fraction of sp³-hybridized carbons (Fsp3) is 0.381. The summed E-state index contributed by atoms with van der Waals surface area (Å²) in [7, 11) is 0. The van der Waals surface area contributed by atoms with Crippen LogP contribution in [-0.4, -0.2) is 40.8 Å². The number of hydrogen-bond acceptors (Lipinski definition) is 3. The number of hydrogen-bond donors (Lipinski definition) is 2. The molecule has 1 aliphatic heterocycles. The maximum Gasteiger partial charge on any atom is 0.0651 e. The first kappa shape index (κ1) is 16.2. The van der Waals surface area contributed by atoms with Crippen LogP contribution in [0.4, 0.5) is 5.69 Å². The van der Waals surface area contributed by atoms with Crippen LogP contribution in [-0.2, 0) is 0 Å². The molecule has 3 aromatic rings. The van der Waals surface area contributed by atoms with Crippen molar-refractivity contribution in [1.82, 2.24) is 15.1 Å². The van der Waals surface area contributed by atoms with E-state index in [0.717, 1.165) is 12.1 Å². The predicted octanol–water partition coefficient (Wildman–Crippen LogP) is 4.24. The van der Waals surface area contributed by atoms with E-state index in [0.29, 0.717) is 12.0 Å². The largest absolute Gasteiger partial charge is 0.382 e. The summed E-state index contributed by atoms with van der Waals surface area (Å²) in [6.45, 7) is 5.82. The molecule has 0 amide bonds. The summed E-state index contributed by atoms with van der Waals surface area (Å²) in [4.78, 5) is 2.61.